The first-order valence-corrected chi connectivity index (χ1v) is 6.45. The summed E-state index contributed by atoms with van der Waals surface area (Å²) in [7, 11) is 1.85. The summed E-state index contributed by atoms with van der Waals surface area (Å²) in [5, 5.41) is 4.26. The predicted octanol–water partition coefficient (Wildman–Crippen LogP) is 2.92. The van der Waals surface area contributed by atoms with Crippen LogP contribution in [0.3, 0.4) is 0 Å². The molecule has 4 rings (SSSR count). The van der Waals surface area contributed by atoms with Crippen LogP contribution in [0, 0.1) is 0 Å². The van der Waals surface area contributed by atoms with Crippen LogP contribution in [0.4, 0.5) is 5.82 Å². The second kappa shape index (κ2) is 4.09. The molecule has 20 heavy (non-hydrogen) atoms. The minimum Gasteiger partial charge on any atom is -0.370 e. The Morgan fingerprint density at radius 2 is 2.15 bits per heavy atom. The molecule has 0 aliphatic carbocycles. The van der Waals surface area contributed by atoms with Crippen LogP contribution in [0.2, 0.25) is 0 Å². The number of benzene rings is 1. The van der Waals surface area contributed by atoms with E-state index < -0.39 is 0 Å². The molecule has 3 aromatic heterocycles. The summed E-state index contributed by atoms with van der Waals surface area (Å²) in [4.78, 5) is 12.0. The molecule has 0 atom stereocenters. The largest absolute Gasteiger partial charge is 0.370 e. The van der Waals surface area contributed by atoms with E-state index in [1.54, 1.807) is 6.20 Å². The smallest absolute Gasteiger partial charge is 0.180 e. The van der Waals surface area contributed by atoms with Crippen LogP contribution in [0.5, 0.6) is 0 Å². The highest BCUT2D eigenvalue weighted by Gasteiger charge is 2.11. The molecule has 0 amide bonds. The van der Waals surface area contributed by atoms with Crippen molar-refractivity contribution in [3.63, 3.8) is 0 Å². The molecule has 0 radical (unpaired) electrons. The third-order valence-electron chi connectivity index (χ3n) is 3.54. The Morgan fingerprint density at radius 1 is 1.20 bits per heavy atom. The maximum Gasteiger partial charge on any atom is 0.180 e. The number of imidazole rings is 1. The van der Waals surface area contributed by atoms with Crippen molar-refractivity contribution in [1.29, 1.82) is 0 Å². The Hall–Kier alpha value is -2.82. The van der Waals surface area contributed by atoms with E-state index in [0.29, 0.717) is 0 Å². The van der Waals surface area contributed by atoms with Crippen molar-refractivity contribution in [1.82, 2.24) is 19.4 Å². The first-order valence-electron chi connectivity index (χ1n) is 6.45. The molecule has 0 spiro atoms. The molecule has 2 N–H and O–H groups in total. The van der Waals surface area contributed by atoms with Gasteiger partial charge in [0.25, 0.3) is 0 Å². The number of aromatic amines is 1. The summed E-state index contributed by atoms with van der Waals surface area (Å²) < 4.78 is 2.06. The summed E-state index contributed by atoms with van der Waals surface area (Å²) in [5.41, 5.74) is 4.17. The molecule has 0 fully saturated rings. The fourth-order valence-electron chi connectivity index (χ4n) is 2.60. The van der Waals surface area contributed by atoms with Crippen molar-refractivity contribution in [3.05, 3.63) is 49.1 Å². The zero-order valence-electron chi connectivity index (χ0n) is 11.0. The number of rotatable bonds is 2. The first-order chi connectivity index (χ1) is 9.88. The lowest BCUT2D eigenvalue weighted by atomic mass is 10.1. The van der Waals surface area contributed by atoms with E-state index in [1.165, 1.54) is 5.39 Å². The van der Waals surface area contributed by atoms with Gasteiger partial charge in [0.2, 0.25) is 0 Å². The predicted molar refractivity (Wildman–Crippen MR) is 79.8 cm³/mol. The van der Waals surface area contributed by atoms with Gasteiger partial charge in [-0.1, -0.05) is 12.1 Å². The van der Waals surface area contributed by atoms with Crippen LogP contribution in [-0.4, -0.2) is 26.4 Å². The monoisotopic (exact) mass is 263 g/mol. The summed E-state index contributed by atoms with van der Waals surface area (Å²) in [6.45, 7) is 0. The number of aromatic nitrogens is 4. The minimum absolute atomic E-state index is 0.778. The number of nitrogens with one attached hydrogen (secondary N) is 2. The lowest BCUT2D eigenvalue weighted by Crippen LogP contribution is -1.97. The topological polar surface area (TPSA) is 58.0 Å². The molecular weight excluding hydrogens is 250 g/mol. The van der Waals surface area contributed by atoms with Crippen molar-refractivity contribution in [2.75, 3.05) is 12.4 Å². The number of fused-ring (bicyclic) bond motifs is 2. The molecule has 0 saturated carbocycles. The molecule has 0 aliphatic rings. The van der Waals surface area contributed by atoms with Gasteiger partial charge in [-0.3, -0.25) is 4.40 Å². The van der Waals surface area contributed by atoms with Crippen LogP contribution < -0.4 is 5.32 Å². The Bertz CT molecular complexity index is 903. The van der Waals surface area contributed by atoms with E-state index in [1.807, 2.05) is 31.7 Å². The highest BCUT2D eigenvalue weighted by Crippen LogP contribution is 2.29. The molecule has 5 nitrogen and oxygen atoms in total. The van der Waals surface area contributed by atoms with E-state index in [4.69, 9.17) is 0 Å². The van der Waals surface area contributed by atoms with Gasteiger partial charge in [0.05, 0.1) is 11.9 Å². The Balaban J connectivity index is 2.06. The minimum atomic E-state index is 0.778. The van der Waals surface area contributed by atoms with Gasteiger partial charge in [-0.25, -0.2) is 9.97 Å². The van der Waals surface area contributed by atoms with E-state index in [0.717, 1.165) is 28.2 Å². The number of H-pyrrole nitrogens is 1. The molecule has 4 aromatic rings. The van der Waals surface area contributed by atoms with E-state index in [-0.39, 0.29) is 0 Å². The molecule has 5 heteroatoms. The van der Waals surface area contributed by atoms with Crippen molar-refractivity contribution >= 4 is 22.4 Å². The summed E-state index contributed by atoms with van der Waals surface area (Å²) in [6, 6.07) is 8.32. The van der Waals surface area contributed by atoms with Crippen molar-refractivity contribution < 1.29 is 0 Å². The fourth-order valence-corrected chi connectivity index (χ4v) is 2.60. The van der Waals surface area contributed by atoms with Gasteiger partial charge in [0, 0.05) is 42.1 Å². The van der Waals surface area contributed by atoms with Gasteiger partial charge in [-0.2, -0.15) is 0 Å². The van der Waals surface area contributed by atoms with E-state index in [2.05, 4.69) is 42.9 Å². The third kappa shape index (κ3) is 1.43. The second-order valence-electron chi connectivity index (χ2n) is 4.61. The average molecular weight is 263 g/mol. The first kappa shape index (κ1) is 11.0. The summed E-state index contributed by atoms with van der Waals surface area (Å²) >= 11 is 0. The average Bonchev–Trinajstić information content (AvgIpc) is 3.12. The number of hydrogen-bond acceptors (Lipinski definition) is 3. The number of nitrogens with zero attached hydrogens (tertiary/aromatic N) is 3. The van der Waals surface area contributed by atoms with Gasteiger partial charge in [-0.05, 0) is 12.1 Å². The Kier molecular flexibility index (Phi) is 2.26. The zero-order chi connectivity index (χ0) is 13.5. The summed E-state index contributed by atoms with van der Waals surface area (Å²) in [5.74, 6) is 0.778. The molecule has 1 aromatic carbocycles. The van der Waals surface area contributed by atoms with Crippen molar-refractivity contribution in [2.45, 2.75) is 0 Å². The maximum atomic E-state index is 4.48. The molecule has 0 bridgehead atoms. The highest BCUT2D eigenvalue weighted by molar-refractivity contribution is 5.94. The van der Waals surface area contributed by atoms with Gasteiger partial charge < -0.3 is 10.3 Å². The highest BCUT2D eigenvalue weighted by atomic mass is 15.1. The zero-order valence-corrected chi connectivity index (χ0v) is 11.0. The molecule has 98 valence electrons. The maximum absolute atomic E-state index is 4.48. The standard InChI is InChI=1S/C15H13N5/c1-16-14-15-19-9-13(20(15)8-7-18-14)11-3-2-4-12-10(11)5-6-17-12/h2-9,17H,1H3,(H,16,18). The molecule has 0 saturated heterocycles. The molecule has 0 unspecified atom stereocenters. The summed E-state index contributed by atoms with van der Waals surface area (Å²) in [6.07, 6.45) is 7.56. The van der Waals surface area contributed by atoms with Gasteiger partial charge in [-0.15, -0.1) is 0 Å². The van der Waals surface area contributed by atoms with Crippen LogP contribution in [-0.2, 0) is 0 Å². The van der Waals surface area contributed by atoms with Crippen LogP contribution in [0.25, 0.3) is 27.8 Å². The second-order valence-corrected chi connectivity index (χ2v) is 4.61. The van der Waals surface area contributed by atoms with Crippen molar-refractivity contribution in [2.24, 2.45) is 0 Å². The van der Waals surface area contributed by atoms with Crippen LogP contribution in [0.1, 0.15) is 0 Å². The van der Waals surface area contributed by atoms with E-state index in [9.17, 15) is 0 Å². The van der Waals surface area contributed by atoms with Crippen LogP contribution >= 0.6 is 0 Å². The van der Waals surface area contributed by atoms with Gasteiger partial charge in [0.15, 0.2) is 11.5 Å². The Labute approximate surface area is 115 Å². The van der Waals surface area contributed by atoms with E-state index >= 15 is 0 Å². The normalized spacial score (nSPS) is 11.2. The lowest BCUT2D eigenvalue weighted by Gasteiger charge is -2.05. The number of hydrogen-bond donors (Lipinski definition) is 2. The molecule has 0 aliphatic heterocycles. The Morgan fingerprint density at radius 3 is 3.05 bits per heavy atom. The fraction of sp³-hybridized carbons (Fsp3) is 0.0667. The quantitative estimate of drug-likeness (QED) is 0.584. The van der Waals surface area contributed by atoms with Gasteiger partial charge >= 0.3 is 0 Å². The van der Waals surface area contributed by atoms with Crippen LogP contribution in [0.15, 0.2) is 49.1 Å². The SMILES string of the molecule is CNc1nccn2c(-c3cccc4[nH]ccc34)cnc12. The molecular formula is C15H13N5. The number of anilines is 1. The van der Waals surface area contributed by atoms with Crippen molar-refractivity contribution in [3.8, 4) is 11.3 Å². The third-order valence-corrected chi connectivity index (χ3v) is 3.54. The van der Waals surface area contributed by atoms with Gasteiger partial charge in [0.1, 0.15) is 0 Å². The lowest BCUT2D eigenvalue weighted by molar-refractivity contribution is 1.13. The molecule has 3 heterocycles.